The molecule has 0 spiro atoms. The van der Waals surface area contributed by atoms with Gasteiger partial charge in [0, 0.05) is 22.5 Å². The van der Waals surface area contributed by atoms with Crippen LogP contribution < -0.4 is 5.32 Å². The Morgan fingerprint density at radius 2 is 1.89 bits per heavy atom. The van der Waals surface area contributed by atoms with Crippen molar-refractivity contribution in [2.75, 3.05) is 5.32 Å². The SMILES string of the molecule is O=C(O)c1csc(CNc2cc(Cl)c(O)c(Cl)c2)c1. The van der Waals surface area contributed by atoms with Crippen LogP contribution in [0.3, 0.4) is 0 Å². The van der Waals surface area contributed by atoms with Gasteiger partial charge in [-0.3, -0.25) is 0 Å². The van der Waals surface area contributed by atoms with Gasteiger partial charge in [-0.25, -0.2) is 4.79 Å². The highest BCUT2D eigenvalue weighted by molar-refractivity contribution is 7.10. The summed E-state index contributed by atoms with van der Waals surface area (Å²) in [6.45, 7) is 0.454. The van der Waals surface area contributed by atoms with Crippen LogP contribution in [0.4, 0.5) is 5.69 Å². The van der Waals surface area contributed by atoms with Gasteiger partial charge in [0.2, 0.25) is 0 Å². The molecule has 0 bridgehead atoms. The number of phenols is 1. The largest absolute Gasteiger partial charge is 0.505 e. The standard InChI is InChI=1S/C12H9Cl2NO3S/c13-9-2-7(3-10(14)11(9)16)15-4-8-1-6(5-19-8)12(17)18/h1-3,5,15-16H,4H2,(H,17,18). The number of carbonyl (C=O) groups is 1. The zero-order valence-electron chi connectivity index (χ0n) is 9.48. The molecule has 0 radical (unpaired) electrons. The fraction of sp³-hybridized carbons (Fsp3) is 0.0833. The molecule has 19 heavy (non-hydrogen) atoms. The van der Waals surface area contributed by atoms with E-state index in [1.807, 2.05) is 0 Å². The van der Waals surface area contributed by atoms with Crippen LogP contribution in [-0.4, -0.2) is 16.2 Å². The second-order valence-electron chi connectivity index (χ2n) is 3.75. The van der Waals surface area contributed by atoms with Crippen molar-refractivity contribution in [1.82, 2.24) is 0 Å². The van der Waals surface area contributed by atoms with Crippen molar-refractivity contribution in [2.45, 2.75) is 6.54 Å². The molecule has 2 aromatic rings. The number of hydrogen-bond acceptors (Lipinski definition) is 4. The number of aromatic carboxylic acids is 1. The van der Waals surface area contributed by atoms with Crippen LogP contribution in [-0.2, 0) is 6.54 Å². The zero-order valence-corrected chi connectivity index (χ0v) is 11.8. The molecule has 0 unspecified atom stereocenters. The summed E-state index contributed by atoms with van der Waals surface area (Å²) >= 11 is 12.9. The smallest absolute Gasteiger partial charge is 0.336 e. The van der Waals surface area contributed by atoms with Gasteiger partial charge in [-0.05, 0) is 18.2 Å². The average Bonchev–Trinajstić information content (AvgIpc) is 2.82. The third-order valence-electron chi connectivity index (χ3n) is 2.38. The fourth-order valence-electron chi connectivity index (χ4n) is 1.44. The molecule has 1 aromatic carbocycles. The molecule has 4 nitrogen and oxygen atoms in total. The topological polar surface area (TPSA) is 69.6 Å². The third kappa shape index (κ3) is 3.32. The Labute approximate surface area is 123 Å². The van der Waals surface area contributed by atoms with Crippen LogP contribution in [0.15, 0.2) is 23.6 Å². The van der Waals surface area contributed by atoms with Gasteiger partial charge in [0.15, 0.2) is 5.75 Å². The van der Waals surface area contributed by atoms with E-state index in [0.29, 0.717) is 12.2 Å². The van der Waals surface area contributed by atoms with E-state index in [0.717, 1.165) is 4.88 Å². The lowest BCUT2D eigenvalue weighted by Crippen LogP contribution is -1.98. The summed E-state index contributed by atoms with van der Waals surface area (Å²) in [6, 6.07) is 4.70. The molecule has 0 saturated carbocycles. The molecule has 0 amide bonds. The maximum Gasteiger partial charge on any atom is 0.336 e. The van der Waals surface area contributed by atoms with Gasteiger partial charge in [-0.1, -0.05) is 23.2 Å². The number of benzene rings is 1. The first kappa shape index (κ1) is 14.0. The molecule has 1 aromatic heterocycles. The first-order valence-electron chi connectivity index (χ1n) is 5.20. The summed E-state index contributed by atoms with van der Waals surface area (Å²) in [6.07, 6.45) is 0. The lowest BCUT2D eigenvalue weighted by atomic mass is 10.3. The van der Waals surface area contributed by atoms with E-state index in [9.17, 15) is 9.90 Å². The van der Waals surface area contributed by atoms with Gasteiger partial charge >= 0.3 is 5.97 Å². The molecule has 0 atom stereocenters. The quantitative estimate of drug-likeness (QED) is 0.743. The summed E-state index contributed by atoms with van der Waals surface area (Å²) in [5.74, 6) is -1.10. The van der Waals surface area contributed by atoms with Crippen LogP contribution in [0.2, 0.25) is 10.0 Å². The van der Waals surface area contributed by atoms with Crippen molar-refractivity contribution in [2.24, 2.45) is 0 Å². The van der Waals surface area contributed by atoms with Gasteiger partial charge in [0.05, 0.1) is 15.6 Å². The number of carboxylic acids is 1. The normalized spacial score (nSPS) is 10.4. The van der Waals surface area contributed by atoms with E-state index in [2.05, 4.69) is 5.32 Å². The van der Waals surface area contributed by atoms with Crippen molar-refractivity contribution < 1.29 is 15.0 Å². The fourth-order valence-corrected chi connectivity index (χ4v) is 2.73. The van der Waals surface area contributed by atoms with Gasteiger partial charge in [-0.2, -0.15) is 0 Å². The van der Waals surface area contributed by atoms with Crippen LogP contribution in [0.25, 0.3) is 0 Å². The average molecular weight is 318 g/mol. The Hall–Kier alpha value is -1.43. The van der Waals surface area contributed by atoms with Crippen LogP contribution >= 0.6 is 34.5 Å². The number of thiophene rings is 1. The van der Waals surface area contributed by atoms with Gasteiger partial charge in [-0.15, -0.1) is 11.3 Å². The molecular formula is C12H9Cl2NO3S. The lowest BCUT2D eigenvalue weighted by Gasteiger charge is -2.07. The summed E-state index contributed by atoms with van der Waals surface area (Å²) < 4.78 is 0. The highest BCUT2D eigenvalue weighted by atomic mass is 35.5. The van der Waals surface area contributed by atoms with Gasteiger partial charge in [0.25, 0.3) is 0 Å². The predicted octanol–water partition coefficient (Wildman–Crippen LogP) is 4.07. The molecule has 0 aliphatic heterocycles. The summed E-state index contributed by atoms with van der Waals surface area (Å²) in [4.78, 5) is 11.6. The number of hydrogen-bond donors (Lipinski definition) is 3. The number of aromatic hydroxyl groups is 1. The van der Waals surface area contributed by atoms with Crippen molar-refractivity contribution in [1.29, 1.82) is 0 Å². The van der Waals surface area contributed by atoms with Crippen molar-refractivity contribution >= 4 is 46.2 Å². The molecule has 0 saturated heterocycles. The zero-order chi connectivity index (χ0) is 14.0. The first-order valence-corrected chi connectivity index (χ1v) is 6.83. The Bertz CT molecular complexity index is 604. The van der Waals surface area contributed by atoms with Crippen LogP contribution in [0, 0.1) is 0 Å². The maximum atomic E-state index is 10.7. The van der Waals surface area contributed by atoms with E-state index in [-0.39, 0.29) is 21.4 Å². The first-order chi connectivity index (χ1) is 8.97. The van der Waals surface area contributed by atoms with Crippen molar-refractivity contribution in [3.63, 3.8) is 0 Å². The molecule has 100 valence electrons. The second-order valence-corrected chi connectivity index (χ2v) is 5.56. The number of halogens is 2. The monoisotopic (exact) mass is 317 g/mol. The minimum absolute atomic E-state index is 0.154. The Kier molecular flexibility index (Phi) is 4.19. The minimum Gasteiger partial charge on any atom is -0.505 e. The molecule has 0 aliphatic carbocycles. The van der Waals surface area contributed by atoms with Gasteiger partial charge in [0.1, 0.15) is 0 Å². The Morgan fingerprint density at radius 1 is 1.26 bits per heavy atom. The Balaban J connectivity index is 2.08. The molecular weight excluding hydrogens is 309 g/mol. The van der Waals surface area contributed by atoms with Gasteiger partial charge < -0.3 is 15.5 Å². The molecule has 2 rings (SSSR count). The number of anilines is 1. The molecule has 0 fully saturated rings. The molecule has 3 N–H and O–H groups in total. The number of nitrogens with one attached hydrogen (secondary N) is 1. The van der Waals surface area contributed by atoms with E-state index < -0.39 is 5.97 Å². The van der Waals surface area contributed by atoms with E-state index in [4.69, 9.17) is 28.3 Å². The van der Waals surface area contributed by atoms with E-state index in [1.165, 1.54) is 11.3 Å². The summed E-state index contributed by atoms with van der Waals surface area (Å²) in [5, 5.41) is 23.2. The third-order valence-corrected chi connectivity index (χ3v) is 3.90. The number of phenolic OH excluding ortho intramolecular Hbond substituents is 1. The van der Waals surface area contributed by atoms with E-state index >= 15 is 0 Å². The Morgan fingerprint density at radius 3 is 2.42 bits per heavy atom. The number of carboxylic acid groups (broad SMARTS) is 1. The minimum atomic E-state index is -0.946. The van der Waals surface area contributed by atoms with Crippen molar-refractivity contribution in [3.8, 4) is 5.75 Å². The predicted molar refractivity (Wildman–Crippen MR) is 76.7 cm³/mol. The highest BCUT2D eigenvalue weighted by Crippen LogP contribution is 2.34. The van der Waals surface area contributed by atoms with Crippen LogP contribution in [0.5, 0.6) is 5.75 Å². The summed E-state index contributed by atoms with van der Waals surface area (Å²) in [7, 11) is 0. The maximum absolute atomic E-state index is 10.7. The van der Waals surface area contributed by atoms with Crippen LogP contribution in [0.1, 0.15) is 15.2 Å². The van der Waals surface area contributed by atoms with Crippen molar-refractivity contribution in [3.05, 3.63) is 44.1 Å². The lowest BCUT2D eigenvalue weighted by molar-refractivity contribution is 0.0697. The second kappa shape index (κ2) is 5.69. The molecule has 1 heterocycles. The molecule has 7 heteroatoms. The molecule has 0 aliphatic rings. The van der Waals surface area contributed by atoms with E-state index in [1.54, 1.807) is 23.6 Å². The number of rotatable bonds is 4. The summed E-state index contributed by atoms with van der Waals surface area (Å²) in [5.41, 5.74) is 0.918. The highest BCUT2D eigenvalue weighted by Gasteiger charge is 2.08.